The molecule has 0 saturated carbocycles. The lowest BCUT2D eigenvalue weighted by atomic mass is 10.1. The van der Waals surface area contributed by atoms with E-state index in [-0.39, 0.29) is 18.1 Å². The average molecular weight is 297 g/mol. The van der Waals surface area contributed by atoms with Crippen LogP contribution < -0.4 is 5.32 Å². The molecular formula is C18H16FNO2. The maximum Gasteiger partial charge on any atom is 0.228 e. The molecule has 4 heteroatoms. The first-order valence-electron chi connectivity index (χ1n) is 7.05. The standard InChI is InChI=1S/C18H16FNO2/c1-11-3-5-15-13(10-22-17(15)7-11)9-18(21)20-16-6-4-14(19)8-12(16)2/h3-8,10H,9H2,1-2H3,(H,20,21). The number of carbonyl (C=O) groups is 1. The van der Waals surface area contributed by atoms with Crippen molar-refractivity contribution in [3.63, 3.8) is 0 Å². The van der Waals surface area contributed by atoms with Gasteiger partial charge in [-0.15, -0.1) is 0 Å². The van der Waals surface area contributed by atoms with Crippen molar-refractivity contribution in [2.45, 2.75) is 20.3 Å². The minimum atomic E-state index is -0.313. The van der Waals surface area contributed by atoms with E-state index in [0.717, 1.165) is 22.1 Å². The van der Waals surface area contributed by atoms with Crippen LogP contribution in [0.1, 0.15) is 16.7 Å². The summed E-state index contributed by atoms with van der Waals surface area (Å²) in [6, 6.07) is 10.2. The summed E-state index contributed by atoms with van der Waals surface area (Å²) in [7, 11) is 0. The van der Waals surface area contributed by atoms with Crippen molar-refractivity contribution in [2.24, 2.45) is 0 Å². The van der Waals surface area contributed by atoms with Crippen LogP contribution in [0.25, 0.3) is 11.0 Å². The van der Waals surface area contributed by atoms with Gasteiger partial charge >= 0.3 is 0 Å². The molecule has 0 atom stereocenters. The van der Waals surface area contributed by atoms with Crippen LogP contribution in [0.15, 0.2) is 47.1 Å². The molecule has 1 N–H and O–H groups in total. The van der Waals surface area contributed by atoms with E-state index in [1.807, 2.05) is 25.1 Å². The Morgan fingerprint density at radius 2 is 2.00 bits per heavy atom. The van der Waals surface area contributed by atoms with Crippen molar-refractivity contribution in [3.8, 4) is 0 Å². The number of anilines is 1. The Morgan fingerprint density at radius 1 is 1.18 bits per heavy atom. The molecule has 0 aliphatic rings. The fourth-order valence-electron chi connectivity index (χ4n) is 2.46. The monoisotopic (exact) mass is 297 g/mol. The van der Waals surface area contributed by atoms with Gasteiger partial charge in [-0.3, -0.25) is 4.79 Å². The zero-order valence-electron chi connectivity index (χ0n) is 12.4. The summed E-state index contributed by atoms with van der Waals surface area (Å²) in [6.45, 7) is 3.75. The Kier molecular flexibility index (Phi) is 3.67. The van der Waals surface area contributed by atoms with Gasteiger partial charge in [0.15, 0.2) is 0 Å². The number of benzene rings is 2. The minimum absolute atomic E-state index is 0.155. The summed E-state index contributed by atoms with van der Waals surface area (Å²) in [5.41, 5.74) is 4.05. The fraction of sp³-hybridized carbons (Fsp3) is 0.167. The first-order valence-corrected chi connectivity index (χ1v) is 7.05. The molecule has 0 unspecified atom stereocenters. The Morgan fingerprint density at radius 3 is 2.77 bits per heavy atom. The van der Waals surface area contributed by atoms with Crippen molar-refractivity contribution in [2.75, 3.05) is 5.32 Å². The highest BCUT2D eigenvalue weighted by Crippen LogP contribution is 2.23. The van der Waals surface area contributed by atoms with Crippen LogP contribution in [0, 0.1) is 19.7 Å². The van der Waals surface area contributed by atoms with E-state index in [0.29, 0.717) is 11.3 Å². The number of carbonyl (C=O) groups excluding carboxylic acids is 1. The van der Waals surface area contributed by atoms with Gasteiger partial charge < -0.3 is 9.73 Å². The molecule has 3 nitrogen and oxygen atoms in total. The molecule has 1 amide bonds. The van der Waals surface area contributed by atoms with Crippen LogP contribution in [0.3, 0.4) is 0 Å². The van der Waals surface area contributed by atoms with Crippen LogP contribution in [0.5, 0.6) is 0 Å². The van der Waals surface area contributed by atoms with Crippen LogP contribution in [0.4, 0.5) is 10.1 Å². The maximum absolute atomic E-state index is 13.1. The Hall–Kier alpha value is -2.62. The van der Waals surface area contributed by atoms with E-state index in [2.05, 4.69) is 5.32 Å². The van der Waals surface area contributed by atoms with Crippen molar-refractivity contribution in [3.05, 3.63) is 65.2 Å². The zero-order chi connectivity index (χ0) is 15.7. The van der Waals surface area contributed by atoms with Gasteiger partial charge in [-0.25, -0.2) is 4.39 Å². The van der Waals surface area contributed by atoms with E-state index >= 15 is 0 Å². The largest absolute Gasteiger partial charge is 0.464 e. The van der Waals surface area contributed by atoms with Gasteiger partial charge in [0.25, 0.3) is 0 Å². The molecule has 3 rings (SSSR count). The number of aryl methyl sites for hydroxylation is 2. The van der Waals surface area contributed by atoms with Gasteiger partial charge in [-0.1, -0.05) is 12.1 Å². The number of hydrogen-bond donors (Lipinski definition) is 1. The lowest BCUT2D eigenvalue weighted by molar-refractivity contribution is -0.115. The summed E-state index contributed by atoms with van der Waals surface area (Å²) in [5, 5.41) is 3.75. The SMILES string of the molecule is Cc1ccc2c(CC(=O)Nc3ccc(F)cc3C)coc2c1. The lowest BCUT2D eigenvalue weighted by Gasteiger charge is -2.08. The molecule has 0 aliphatic heterocycles. The summed E-state index contributed by atoms with van der Waals surface area (Å²) in [4.78, 5) is 12.2. The van der Waals surface area contributed by atoms with E-state index < -0.39 is 0 Å². The number of amides is 1. The zero-order valence-corrected chi connectivity index (χ0v) is 12.4. The van der Waals surface area contributed by atoms with E-state index in [9.17, 15) is 9.18 Å². The molecule has 2 aromatic carbocycles. The molecule has 22 heavy (non-hydrogen) atoms. The first-order chi connectivity index (χ1) is 10.5. The quantitative estimate of drug-likeness (QED) is 0.780. The third-order valence-electron chi connectivity index (χ3n) is 3.62. The minimum Gasteiger partial charge on any atom is -0.464 e. The third kappa shape index (κ3) is 2.86. The molecule has 0 aliphatic carbocycles. The molecule has 1 aromatic heterocycles. The summed E-state index contributed by atoms with van der Waals surface area (Å²) in [6.07, 6.45) is 1.83. The van der Waals surface area contributed by atoms with E-state index in [1.54, 1.807) is 19.3 Å². The molecule has 0 fully saturated rings. The van der Waals surface area contributed by atoms with E-state index in [4.69, 9.17) is 4.42 Å². The number of rotatable bonds is 3. The molecule has 0 saturated heterocycles. The van der Waals surface area contributed by atoms with Gasteiger partial charge in [-0.2, -0.15) is 0 Å². The van der Waals surface area contributed by atoms with Crippen LogP contribution in [-0.4, -0.2) is 5.91 Å². The molecule has 0 bridgehead atoms. The van der Waals surface area contributed by atoms with Crippen molar-refractivity contribution >= 4 is 22.6 Å². The second-order valence-electron chi connectivity index (χ2n) is 5.44. The molecular weight excluding hydrogens is 281 g/mol. The first kappa shape index (κ1) is 14.3. The summed E-state index contributed by atoms with van der Waals surface area (Å²) >= 11 is 0. The topological polar surface area (TPSA) is 42.2 Å². The third-order valence-corrected chi connectivity index (χ3v) is 3.62. The van der Waals surface area contributed by atoms with Gasteiger partial charge in [0.2, 0.25) is 5.91 Å². The van der Waals surface area contributed by atoms with Gasteiger partial charge in [0.1, 0.15) is 11.4 Å². The smallest absolute Gasteiger partial charge is 0.228 e. The van der Waals surface area contributed by atoms with Crippen molar-refractivity contribution < 1.29 is 13.6 Å². The lowest BCUT2D eigenvalue weighted by Crippen LogP contribution is -2.15. The Bertz CT molecular complexity index is 851. The van der Waals surface area contributed by atoms with Crippen LogP contribution in [0.2, 0.25) is 0 Å². The van der Waals surface area contributed by atoms with Gasteiger partial charge in [0, 0.05) is 16.6 Å². The number of hydrogen-bond acceptors (Lipinski definition) is 2. The van der Waals surface area contributed by atoms with Gasteiger partial charge in [-0.05, 0) is 49.2 Å². The average Bonchev–Trinajstić information content (AvgIpc) is 2.84. The normalized spacial score (nSPS) is 10.9. The Labute approximate surface area is 127 Å². The fourth-order valence-corrected chi connectivity index (χ4v) is 2.46. The molecule has 0 spiro atoms. The molecule has 0 radical (unpaired) electrons. The molecule has 3 aromatic rings. The number of furan rings is 1. The predicted octanol–water partition coefficient (Wildman–Crippen LogP) is 4.37. The number of nitrogens with one attached hydrogen (secondary N) is 1. The molecule has 112 valence electrons. The maximum atomic E-state index is 13.1. The highest BCUT2D eigenvalue weighted by atomic mass is 19.1. The highest BCUT2D eigenvalue weighted by Gasteiger charge is 2.11. The highest BCUT2D eigenvalue weighted by molar-refractivity contribution is 5.95. The Balaban J connectivity index is 1.78. The molecule has 1 heterocycles. The second kappa shape index (κ2) is 5.64. The predicted molar refractivity (Wildman–Crippen MR) is 84.4 cm³/mol. The van der Waals surface area contributed by atoms with Crippen LogP contribution in [-0.2, 0) is 11.2 Å². The second-order valence-corrected chi connectivity index (χ2v) is 5.44. The van der Waals surface area contributed by atoms with Crippen molar-refractivity contribution in [1.29, 1.82) is 0 Å². The van der Waals surface area contributed by atoms with Crippen LogP contribution >= 0.6 is 0 Å². The van der Waals surface area contributed by atoms with E-state index in [1.165, 1.54) is 12.1 Å². The number of fused-ring (bicyclic) bond motifs is 1. The summed E-state index contributed by atoms with van der Waals surface area (Å²) < 4.78 is 18.6. The van der Waals surface area contributed by atoms with Gasteiger partial charge in [0.05, 0.1) is 12.7 Å². The summed E-state index contributed by atoms with van der Waals surface area (Å²) in [5.74, 6) is -0.468. The number of halogens is 1. The van der Waals surface area contributed by atoms with Crippen molar-refractivity contribution in [1.82, 2.24) is 0 Å².